The Kier molecular flexibility index (Phi) is 4.73. The SMILES string of the molecule is Cc1cc2oc(=O)cc(COC(=O)[C@H](C)N3C(=O)c4ccccc4C3=O)c2cc1C. The average molecular weight is 405 g/mol. The molecule has 30 heavy (non-hydrogen) atoms. The second kappa shape index (κ2) is 7.26. The third-order valence-electron chi connectivity index (χ3n) is 5.37. The lowest BCUT2D eigenvalue weighted by molar-refractivity contribution is -0.149. The van der Waals surface area contributed by atoms with Crippen molar-refractivity contribution < 1.29 is 23.5 Å². The predicted octanol–water partition coefficient (Wildman–Crippen LogP) is 3.14. The molecule has 4 rings (SSSR count). The lowest BCUT2D eigenvalue weighted by Gasteiger charge is -2.21. The minimum absolute atomic E-state index is 0.184. The van der Waals surface area contributed by atoms with E-state index in [1.54, 1.807) is 30.3 Å². The summed E-state index contributed by atoms with van der Waals surface area (Å²) in [6.45, 7) is 5.09. The number of hydrogen-bond donors (Lipinski definition) is 0. The summed E-state index contributed by atoms with van der Waals surface area (Å²) >= 11 is 0. The molecular weight excluding hydrogens is 386 g/mol. The number of esters is 1. The van der Waals surface area contributed by atoms with E-state index < -0.39 is 29.5 Å². The van der Waals surface area contributed by atoms with E-state index in [1.807, 2.05) is 19.9 Å². The maximum Gasteiger partial charge on any atom is 0.336 e. The van der Waals surface area contributed by atoms with Crippen LogP contribution in [0.3, 0.4) is 0 Å². The molecule has 2 amide bonds. The van der Waals surface area contributed by atoms with Gasteiger partial charge in [0.25, 0.3) is 11.8 Å². The van der Waals surface area contributed by atoms with Gasteiger partial charge in [-0.25, -0.2) is 9.59 Å². The van der Waals surface area contributed by atoms with Crippen LogP contribution in [-0.4, -0.2) is 28.7 Å². The zero-order valence-corrected chi connectivity index (χ0v) is 16.7. The van der Waals surface area contributed by atoms with Crippen LogP contribution in [0.2, 0.25) is 0 Å². The summed E-state index contributed by atoms with van der Waals surface area (Å²) in [5.41, 5.74) is 2.85. The van der Waals surface area contributed by atoms with Crippen molar-refractivity contribution in [1.29, 1.82) is 0 Å². The number of amides is 2. The van der Waals surface area contributed by atoms with Crippen LogP contribution in [0.4, 0.5) is 0 Å². The first-order valence-corrected chi connectivity index (χ1v) is 9.45. The minimum Gasteiger partial charge on any atom is -0.459 e. The van der Waals surface area contributed by atoms with Crippen molar-refractivity contribution in [2.45, 2.75) is 33.4 Å². The smallest absolute Gasteiger partial charge is 0.336 e. The molecule has 2 heterocycles. The quantitative estimate of drug-likeness (QED) is 0.376. The molecule has 1 aromatic heterocycles. The number of aryl methyl sites for hydroxylation is 2. The Hall–Kier alpha value is -3.74. The number of carbonyl (C=O) groups is 3. The van der Waals surface area contributed by atoms with Crippen molar-refractivity contribution in [3.63, 3.8) is 0 Å². The van der Waals surface area contributed by atoms with Crippen LogP contribution in [0.1, 0.15) is 44.3 Å². The van der Waals surface area contributed by atoms with Crippen molar-refractivity contribution in [1.82, 2.24) is 4.90 Å². The molecule has 0 spiro atoms. The van der Waals surface area contributed by atoms with Gasteiger partial charge in [0.1, 0.15) is 18.2 Å². The van der Waals surface area contributed by atoms with Crippen LogP contribution in [0.15, 0.2) is 51.7 Å². The van der Waals surface area contributed by atoms with E-state index in [2.05, 4.69) is 0 Å². The van der Waals surface area contributed by atoms with Crippen molar-refractivity contribution >= 4 is 28.8 Å². The summed E-state index contributed by atoms with van der Waals surface area (Å²) in [5.74, 6) is -1.80. The lowest BCUT2D eigenvalue weighted by atomic mass is 10.0. The lowest BCUT2D eigenvalue weighted by Crippen LogP contribution is -2.43. The van der Waals surface area contributed by atoms with Crippen molar-refractivity contribution in [3.8, 4) is 0 Å². The number of rotatable bonds is 4. The van der Waals surface area contributed by atoms with Gasteiger partial charge in [0.15, 0.2) is 0 Å². The van der Waals surface area contributed by atoms with Gasteiger partial charge in [-0.05, 0) is 56.2 Å². The summed E-state index contributed by atoms with van der Waals surface area (Å²) in [6, 6.07) is 10.2. The zero-order valence-electron chi connectivity index (χ0n) is 16.7. The van der Waals surface area contributed by atoms with Gasteiger partial charge < -0.3 is 9.15 Å². The maximum absolute atomic E-state index is 12.6. The molecule has 0 fully saturated rings. The molecular formula is C23H19NO6. The molecule has 0 saturated heterocycles. The second-order valence-electron chi connectivity index (χ2n) is 7.33. The standard InChI is InChI=1S/C23H19NO6/c1-12-8-18-15(10-20(25)30-19(18)9-13(12)2)11-29-23(28)14(3)24-21(26)16-6-4-5-7-17(16)22(24)27/h4-10,14H,11H2,1-3H3/t14-/m0/s1. The van der Waals surface area contributed by atoms with Gasteiger partial charge in [-0.2, -0.15) is 0 Å². The third kappa shape index (κ3) is 3.18. The van der Waals surface area contributed by atoms with Gasteiger partial charge in [-0.1, -0.05) is 12.1 Å². The Morgan fingerprint density at radius 1 is 1.00 bits per heavy atom. The maximum atomic E-state index is 12.6. The molecule has 0 radical (unpaired) electrons. The van der Waals surface area contributed by atoms with E-state index in [1.165, 1.54) is 13.0 Å². The molecule has 0 N–H and O–H groups in total. The highest BCUT2D eigenvalue weighted by Gasteiger charge is 2.41. The van der Waals surface area contributed by atoms with E-state index in [0.29, 0.717) is 16.5 Å². The number of benzene rings is 2. The Morgan fingerprint density at radius 3 is 2.23 bits per heavy atom. The number of ether oxygens (including phenoxy) is 1. The molecule has 3 aromatic rings. The van der Waals surface area contributed by atoms with Gasteiger partial charge in [-0.15, -0.1) is 0 Å². The molecule has 1 aliphatic heterocycles. The second-order valence-corrected chi connectivity index (χ2v) is 7.33. The van der Waals surface area contributed by atoms with Gasteiger partial charge in [0, 0.05) is 17.0 Å². The topological polar surface area (TPSA) is 93.9 Å². The average Bonchev–Trinajstić information content (AvgIpc) is 2.97. The Morgan fingerprint density at radius 2 is 1.60 bits per heavy atom. The fourth-order valence-electron chi connectivity index (χ4n) is 3.54. The summed E-state index contributed by atoms with van der Waals surface area (Å²) < 4.78 is 10.6. The molecule has 1 atom stereocenters. The molecule has 0 bridgehead atoms. The Bertz CT molecular complexity index is 1240. The molecule has 1 aliphatic rings. The minimum atomic E-state index is -1.10. The molecule has 152 valence electrons. The largest absolute Gasteiger partial charge is 0.459 e. The third-order valence-corrected chi connectivity index (χ3v) is 5.37. The highest BCUT2D eigenvalue weighted by atomic mass is 16.5. The van der Waals surface area contributed by atoms with E-state index in [4.69, 9.17) is 9.15 Å². The Balaban J connectivity index is 1.56. The van der Waals surface area contributed by atoms with Crippen LogP contribution in [0.25, 0.3) is 11.0 Å². The molecule has 2 aromatic carbocycles. The van der Waals surface area contributed by atoms with Crippen LogP contribution < -0.4 is 5.63 Å². The highest BCUT2D eigenvalue weighted by molar-refractivity contribution is 6.22. The van der Waals surface area contributed by atoms with Gasteiger partial charge in [0.05, 0.1) is 11.1 Å². The number of hydrogen-bond acceptors (Lipinski definition) is 6. The highest BCUT2D eigenvalue weighted by Crippen LogP contribution is 2.26. The fraction of sp³-hybridized carbons (Fsp3) is 0.217. The normalized spacial score (nSPS) is 14.2. The van der Waals surface area contributed by atoms with Gasteiger partial charge in [0.2, 0.25) is 0 Å². The predicted molar refractivity (Wildman–Crippen MR) is 108 cm³/mol. The van der Waals surface area contributed by atoms with Crippen molar-refractivity contribution in [3.05, 3.63) is 80.7 Å². The van der Waals surface area contributed by atoms with Gasteiger partial charge in [-0.3, -0.25) is 14.5 Å². The van der Waals surface area contributed by atoms with E-state index >= 15 is 0 Å². The number of carbonyl (C=O) groups excluding carboxylic acids is 3. The summed E-state index contributed by atoms with van der Waals surface area (Å²) in [4.78, 5) is 50.5. The molecule has 0 unspecified atom stereocenters. The molecule has 7 nitrogen and oxygen atoms in total. The van der Waals surface area contributed by atoms with E-state index in [9.17, 15) is 19.2 Å². The van der Waals surface area contributed by atoms with Crippen LogP contribution in [-0.2, 0) is 16.1 Å². The molecule has 7 heteroatoms. The molecule has 0 saturated carbocycles. The van der Waals surface area contributed by atoms with Crippen LogP contribution in [0, 0.1) is 13.8 Å². The van der Waals surface area contributed by atoms with Crippen LogP contribution in [0.5, 0.6) is 0 Å². The van der Waals surface area contributed by atoms with E-state index in [-0.39, 0.29) is 17.7 Å². The summed E-state index contributed by atoms with van der Waals surface area (Å²) in [5, 5.41) is 0.666. The van der Waals surface area contributed by atoms with E-state index in [0.717, 1.165) is 16.0 Å². The summed E-state index contributed by atoms with van der Waals surface area (Å²) in [7, 11) is 0. The fourth-order valence-corrected chi connectivity index (χ4v) is 3.54. The van der Waals surface area contributed by atoms with Gasteiger partial charge >= 0.3 is 11.6 Å². The Labute approximate surface area is 171 Å². The first kappa shape index (κ1) is 19.6. The van der Waals surface area contributed by atoms with Crippen molar-refractivity contribution in [2.24, 2.45) is 0 Å². The number of fused-ring (bicyclic) bond motifs is 2. The first-order chi connectivity index (χ1) is 14.3. The van der Waals surface area contributed by atoms with Crippen LogP contribution >= 0.6 is 0 Å². The number of imide groups is 1. The molecule has 0 aliphatic carbocycles. The first-order valence-electron chi connectivity index (χ1n) is 9.45. The monoisotopic (exact) mass is 405 g/mol. The zero-order chi connectivity index (χ0) is 21.6. The summed E-state index contributed by atoms with van der Waals surface area (Å²) in [6.07, 6.45) is 0. The number of nitrogens with zero attached hydrogens (tertiary/aromatic N) is 1. The van der Waals surface area contributed by atoms with Crippen molar-refractivity contribution in [2.75, 3.05) is 0 Å².